The van der Waals surface area contributed by atoms with Gasteiger partial charge in [-0.25, -0.2) is 4.79 Å². The van der Waals surface area contributed by atoms with Gasteiger partial charge in [-0.1, -0.05) is 15.9 Å². The van der Waals surface area contributed by atoms with Crippen molar-refractivity contribution in [3.63, 3.8) is 0 Å². The number of benzene rings is 1. The van der Waals surface area contributed by atoms with Gasteiger partial charge in [0.25, 0.3) is 0 Å². The van der Waals surface area contributed by atoms with Gasteiger partial charge in [-0.3, -0.25) is 4.79 Å². The average molecular weight is 348 g/mol. The number of carboxylic acids is 1. The van der Waals surface area contributed by atoms with Crippen molar-refractivity contribution in [1.82, 2.24) is 5.32 Å². The first-order valence-electron chi connectivity index (χ1n) is 5.52. The summed E-state index contributed by atoms with van der Waals surface area (Å²) in [5.41, 5.74) is 0. The quantitative estimate of drug-likeness (QED) is 0.525. The van der Waals surface area contributed by atoms with Crippen LogP contribution in [0.5, 0.6) is 5.75 Å². The highest BCUT2D eigenvalue weighted by Gasteiger charge is 2.15. The molecule has 1 aromatic carbocycles. The van der Waals surface area contributed by atoms with Crippen LogP contribution in [0.3, 0.4) is 0 Å². The highest BCUT2D eigenvalue weighted by molar-refractivity contribution is 9.10. The first-order valence-corrected chi connectivity index (χ1v) is 7.47. The molecule has 0 spiro atoms. The Balaban J connectivity index is 2.18. The molecule has 1 unspecified atom stereocenters. The Morgan fingerprint density at radius 1 is 1.47 bits per heavy atom. The van der Waals surface area contributed by atoms with Crippen molar-refractivity contribution in [1.29, 1.82) is 0 Å². The number of thioether (sulfide) groups is 1. The maximum Gasteiger partial charge on any atom is 0.327 e. The minimum atomic E-state index is -1.03. The molecule has 1 amide bonds. The van der Waals surface area contributed by atoms with Crippen molar-refractivity contribution in [3.05, 3.63) is 28.7 Å². The monoisotopic (exact) mass is 347 g/mol. The molecule has 1 aromatic rings. The van der Waals surface area contributed by atoms with Crippen molar-refractivity contribution < 1.29 is 19.4 Å². The van der Waals surface area contributed by atoms with Gasteiger partial charge in [0.05, 0.1) is 6.61 Å². The van der Waals surface area contributed by atoms with Crippen LogP contribution in [0.2, 0.25) is 0 Å². The highest BCUT2D eigenvalue weighted by Crippen LogP contribution is 2.16. The fourth-order valence-corrected chi connectivity index (χ4v) is 2.33. The van der Waals surface area contributed by atoms with E-state index in [1.54, 1.807) is 0 Å². The van der Waals surface area contributed by atoms with Crippen molar-refractivity contribution in [2.24, 2.45) is 0 Å². The van der Waals surface area contributed by atoms with E-state index in [0.717, 1.165) is 10.2 Å². The third-order valence-electron chi connectivity index (χ3n) is 2.16. The van der Waals surface area contributed by atoms with E-state index in [1.165, 1.54) is 11.8 Å². The summed E-state index contributed by atoms with van der Waals surface area (Å²) in [6.07, 6.45) is 0.400. The number of carbonyl (C=O) groups excluding carboxylic acids is 1. The van der Waals surface area contributed by atoms with Crippen LogP contribution in [0.15, 0.2) is 28.7 Å². The third kappa shape index (κ3) is 6.49. The molecule has 2 N–H and O–H groups in total. The fraction of sp³-hybridized carbons (Fsp3) is 0.333. The standard InChI is InChI=1S/C12H14BrNO4S/c13-9-1-3-10(4-2-9)18-5-6-19-7-11(12(16)17)14-8-15/h1-4,8,11H,5-7H2,(H,14,15)(H,16,17). The van der Waals surface area contributed by atoms with Crippen LogP contribution < -0.4 is 10.1 Å². The van der Waals surface area contributed by atoms with E-state index in [9.17, 15) is 9.59 Å². The molecule has 0 saturated heterocycles. The lowest BCUT2D eigenvalue weighted by molar-refractivity contribution is -0.139. The normalized spacial score (nSPS) is 11.6. The van der Waals surface area contributed by atoms with Gasteiger partial charge in [0.15, 0.2) is 0 Å². The average Bonchev–Trinajstić information content (AvgIpc) is 2.39. The second-order valence-corrected chi connectivity index (χ2v) is 5.62. The summed E-state index contributed by atoms with van der Waals surface area (Å²) in [7, 11) is 0. The van der Waals surface area contributed by atoms with Crippen LogP contribution in [-0.2, 0) is 9.59 Å². The Labute approximate surface area is 123 Å². The molecule has 19 heavy (non-hydrogen) atoms. The van der Waals surface area contributed by atoms with Gasteiger partial charge in [-0.2, -0.15) is 11.8 Å². The molecule has 1 rings (SSSR count). The minimum Gasteiger partial charge on any atom is -0.493 e. The van der Waals surface area contributed by atoms with Crippen molar-refractivity contribution in [3.8, 4) is 5.75 Å². The van der Waals surface area contributed by atoms with E-state index < -0.39 is 12.0 Å². The number of carboxylic acid groups (broad SMARTS) is 1. The number of nitrogens with one attached hydrogen (secondary N) is 1. The molecule has 0 aliphatic carbocycles. The molecule has 0 radical (unpaired) electrons. The number of hydrogen-bond acceptors (Lipinski definition) is 4. The predicted molar refractivity (Wildman–Crippen MR) is 77.6 cm³/mol. The van der Waals surface area contributed by atoms with E-state index in [1.807, 2.05) is 24.3 Å². The molecule has 0 aliphatic rings. The first kappa shape index (κ1) is 15.8. The molecule has 0 aromatic heterocycles. The summed E-state index contributed by atoms with van der Waals surface area (Å²) < 4.78 is 6.47. The van der Waals surface area contributed by atoms with Crippen molar-refractivity contribution >= 4 is 40.1 Å². The predicted octanol–water partition coefficient (Wildman–Crippen LogP) is 1.76. The summed E-state index contributed by atoms with van der Waals surface area (Å²) in [6.45, 7) is 0.486. The summed E-state index contributed by atoms with van der Waals surface area (Å²) in [6, 6.07) is 6.62. The fourth-order valence-electron chi connectivity index (χ4n) is 1.22. The zero-order valence-electron chi connectivity index (χ0n) is 10.0. The van der Waals surface area contributed by atoms with Gasteiger partial charge < -0.3 is 15.2 Å². The van der Waals surface area contributed by atoms with Crippen LogP contribution in [0, 0.1) is 0 Å². The van der Waals surface area contributed by atoms with E-state index in [0.29, 0.717) is 24.5 Å². The van der Waals surface area contributed by atoms with Crippen LogP contribution in [0.25, 0.3) is 0 Å². The number of carbonyl (C=O) groups is 2. The number of hydrogen-bond donors (Lipinski definition) is 2. The molecule has 0 aliphatic heterocycles. The number of amides is 1. The van der Waals surface area contributed by atoms with Gasteiger partial charge in [-0.15, -0.1) is 0 Å². The lowest BCUT2D eigenvalue weighted by atomic mass is 10.3. The maximum absolute atomic E-state index is 10.7. The number of halogens is 1. The Bertz CT molecular complexity index is 413. The van der Waals surface area contributed by atoms with Gasteiger partial charge in [0, 0.05) is 16.0 Å². The summed E-state index contributed by atoms with van der Waals surface area (Å²) >= 11 is 4.75. The molecule has 0 saturated carbocycles. The van der Waals surface area contributed by atoms with Gasteiger partial charge in [-0.05, 0) is 24.3 Å². The lowest BCUT2D eigenvalue weighted by Crippen LogP contribution is -2.38. The van der Waals surface area contributed by atoms with Gasteiger partial charge >= 0.3 is 5.97 Å². The second-order valence-electron chi connectivity index (χ2n) is 3.55. The summed E-state index contributed by atoms with van der Waals surface area (Å²) in [5, 5.41) is 11.0. The Hall–Kier alpha value is -1.21. The molecule has 104 valence electrons. The van der Waals surface area contributed by atoms with E-state index in [4.69, 9.17) is 9.84 Å². The Morgan fingerprint density at radius 2 is 2.16 bits per heavy atom. The largest absolute Gasteiger partial charge is 0.493 e. The van der Waals surface area contributed by atoms with Gasteiger partial charge in [0.2, 0.25) is 6.41 Å². The van der Waals surface area contributed by atoms with Gasteiger partial charge in [0.1, 0.15) is 11.8 Å². The van der Waals surface area contributed by atoms with Crippen molar-refractivity contribution in [2.45, 2.75) is 6.04 Å². The Kier molecular flexibility index (Phi) is 7.35. The number of rotatable bonds is 9. The van der Waals surface area contributed by atoms with E-state index in [-0.39, 0.29) is 0 Å². The Morgan fingerprint density at radius 3 is 2.74 bits per heavy atom. The first-order chi connectivity index (χ1) is 9.13. The second kappa shape index (κ2) is 8.82. The molecular formula is C12H14BrNO4S. The zero-order valence-corrected chi connectivity index (χ0v) is 12.4. The molecular weight excluding hydrogens is 334 g/mol. The van der Waals surface area contributed by atoms with Crippen LogP contribution >= 0.6 is 27.7 Å². The highest BCUT2D eigenvalue weighted by atomic mass is 79.9. The number of ether oxygens (including phenoxy) is 1. The third-order valence-corrected chi connectivity index (χ3v) is 3.71. The number of aliphatic carboxylic acids is 1. The summed E-state index contributed by atoms with van der Waals surface area (Å²) in [4.78, 5) is 20.9. The SMILES string of the molecule is O=CNC(CSCCOc1ccc(Br)cc1)C(=O)O. The molecule has 0 fully saturated rings. The van der Waals surface area contributed by atoms with Crippen LogP contribution in [0.1, 0.15) is 0 Å². The topological polar surface area (TPSA) is 75.6 Å². The molecule has 5 nitrogen and oxygen atoms in total. The minimum absolute atomic E-state index is 0.317. The van der Waals surface area contributed by atoms with E-state index >= 15 is 0 Å². The van der Waals surface area contributed by atoms with Crippen molar-refractivity contribution in [2.75, 3.05) is 18.1 Å². The molecule has 0 heterocycles. The maximum atomic E-state index is 10.7. The molecule has 0 bridgehead atoms. The molecule has 1 atom stereocenters. The van der Waals surface area contributed by atoms with Crippen LogP contribution in [0.4, 0.5) is 0 Å². The summed E-state index contributed by atoms with van der Waals surface area (Å²) in [5.74, 6) is 0.705. The smallest absolute Gasteiger partial charge is 0.327 e. The lowest BCUT2D eigenvalue weighted by Gasteiger charge is -2.11. The van der Waals surface area contributed by atoms with E-state index in [2.05, 4.69) is 21.2 Å². The molecule has 7 heteroatoms. The zero-order chi connectivity index (χ0) is 14.1. The van der Waals surface area contributed by atoms with Crippen LogP contribution in [-0.4, -0.2) is 41.6 Å².